The van der Waals surface area contributed by atoms with E-state index in [1.54, 1.807) is 0 Å². The molecule has 1 aliphatic rings. The van der Waals surface area contributed by atoms with E-state index in [0.717, 1.165) is 34.5 Å². The lowest BCUT2D eigenvalue weighted by atomic mass is 10.1. The minimum Gasteiger partial charge on any atom is -0.384 e. The van der Waals surface area contributed by atoms with Crippen LogP contribution in [0.3, 0.4) is 0 Å². The van der Waals surface area contributed by atoms with Gasteiger partial charge in [0.2, 0.25) is 0 Å². The van der Waals surface area contributed by atoms with Crippen LogP contribution in [0.4, 0.5) is 21.9 Å². The van der Waals surface area contributed by atoms with Gasteiger partial charge in [0.25, 0.3) is 0 Å². The van der Waals surface area contributed by atoms with Gasteiger partial charge in [-0.05, 0) is 42.8 Å². The molecule has 102 valence electrons. The summed E-state index contributed by atoms with van der Waals surface area (Å²) in [6, 6.07) is 13.1. The summed E-state index contributed by atoms with van der Waals surface area (Å²) in [7, 11) is 0. The first-order chi connectivity index (χ1) is 9.72. The predicted molar refractivity (Wildman–Crippen MR) is 85.4 cm³/mol. The van der Waals surface area contributed by atoms with E-state index in [9.17, 15) is 4.79 Å². The van der Waals surface area contributed by atoms with Crippen molar-refractivity contribution < 1.29 is 4.79 Å². The summed E-state index contributed by atoms with van der Waals surface area (Å²) in [5.41, 5.74) is 3.89. The van der Waals surface area contributed by atoms with Crippen LogP contribution in [0.5, 0.6) is 0 Å². The normalized spacial score (nSPS) is 12.4. The summed E-state index contributed by atoms with van der Waals surface area (Å²) >= 11 is 3.36. The zero-order chi connectivity index (χ0) is 13.9. The third-order valence-electron chi connectivity index (χ3n) is 3.22. The van der Waals surface area contributed by atoms with Crippen molar-refractivity contribution in [3.8, 4) is 0 Å². The van der Waals surface area contributed by atoms with Crippen LogP contribution in [0.15, 0.2) is 46.9 Å². The lowest BCUT2D eigenvalue weighted by Gasteiger charge is -2.11. The summed E-state index contributed by atoms with van der Waals surface area (Å²) in [6.45, 7) is 0.919. The van der Waals surface area contributed by atoms with Crippen molar-refractivity contribution in [2.24, 2.45) is 0 Å². The largest absolute Gasteiger partial charge is 0.384 e. The molecule has 0 atom stereocenters. The van der Waals surface area contributed by atoms with Gasteiger partial charge in [0, 0.05) is 33.6 Å². The molecule has 0 fully saturated rings. The number of halogens is 1. The van der Waals surface area contributed by atoms with E-state index in [1.807, 2.05) is 42.5 Å². The van der Waals surface area contributed by atoms with Crippen molar-refractivity contribution in [1.29, 1.82) is 0 Å². The number of nitrogens with one attached hydrogen (secondary N) is 3. The van der Waals surface area contributed by atoms with Crippen LogP contribution in [-0.2, 0) is 6.42 Å². The third kappa shape index (κ3) is 2.77. The fraction of sp³-hybridized carbons (Fsp3) is 0.133. The van der Waals surface area contributed by atoms with Gasteiger partial charge < -0.3 is 16.0 Å². The van der Waals surface area contributed by atoms with Crippen LogP contribution in [0.1, 0.15) is 5.56 Å². The molecule has 0 saturated carbocycles. The van der Waals surface area contributed by atoms with Gasteiger partial charge >= 0.3 is 6.03 Å². The van der Waals surface area contributed by atoms with E-state index in [0.29, 0.717) is 0 Å². The number of hydrogen-bond donors (Lipinski definition) is 3. The van der Waals surface area contributed by atoms with Gasteiger partial charge in [-0.15, -0.1) is 0 Å². The van der Waals surface area contributed by atoms with E-state index in [2.05, 4.69) is 31.9 Å². The minimum absolute atomic E-state index is 0.229. The van der Waals surface area contributed by atoms with Crippen molar-refractivity contribution >= 4 is 39.0 Å². The molecule has 1 aliphatic heterocycles. The Balaban J connectivity index is 1.70. The van der Waals surface area contributed by atoms with E-state index >= 15 is 0 Å². The molecule has 0 aromatic heterocycles. The molecule has 3 rings (SSSR count). The molecule has 20 heavy (non-hydrogen) atoms. The highest BCUT2D eigenvalue weighted by Gasteiger charge is 2.15. The maximum Gasteiger partial charge on any atom is 0.323 e. The standard InChI is InChI=1S/C15H14BrN3O/c16-10-4-6-11(7-5-10)18-15(20)19-14-3-1-2-13-12(14)8-9-17-13/h1-7,17H,8-9H2,(H2,18,19,20). The summed E-state index contributed by atoms with van der Waals surface area (Å²) in [5.74, 6) is 0. The molecule has 1 heterocycles. The smallest absolute Gasteiger partial charge is 0.323 e. The van der Waals surface area contributed by atoms with E-state index in [-0.39, 0.29) is 6.03 Å². The molecule has 2 amide bonds. The molecule has 0 spiro atoms. The quantitative estimate of drug-likeness (QED) is 0.777. The Labute approximate surface area is 125 Å². The number of carbonyl (C=O) groups excluding carboxylic acids is 1. The summed E-state index contributed by atoms with van der Waals surface area (Å²) in [6.07, 6.45) is 0.935. The molecule has 3 N–H and O–H groups in total. The maximum absolute atomic E-state index is 12.0. The Hall–Kier alpha value is -2.01. The SMILES string of the molecule is O=C(Nc1ccc(Br)cc1)Nc1cccc2c1CCN2. The third-order valence-corrected chi connectivity index (χ3v) is 3.75. The monoisotopic (exact) mass is 331 g/mol. The number of benzene rings is 2. The Kier molecular flexibility index (Phi) is 3.60. The molecule has 0 bridgehead atoms. The number of carbonyl (C=O) groups is 1. The lowest BCUT2D eigenvalue weighted by molar-refractivity contribution is 0.262. The molecule has 0 aliphatic carbocycles. The van der Waals surface area contributed by atoms with E-state index < -0.39 is 0 Å². The fourth-order valence-electron chi connectivity index (χ4n) is 2.28. The van der Waals surface area contributed by atoms with Gasteiger partial charge in [-0.25, -0.2) is 4.79 Å². The summed E-state index contributed by atoms with van der Waals surface area (Å²) in [5, 5.41) is 9.01. The minimum atomic E-state index is -0.229. The summed E-state index contributed by atoms with van der Waals surface area (Å²) in [4.78, 5) is 12.0. The first kappa shape index (κ1) is 13.0. The zero-order valence-corrected chi connectivity index (χ0v) is 12.3. The van der Waals surface area contributed by atoms with Crippen molar-refractivity contribution in [3.63, 3.8) is 0 Å². The van der Waals surface area contributed by atoms with Crippen LogP contribution in [0.2, 0.25) is 0 Å². The highest BCUT2D eigenvalue weighted by atomic mass is 79.9. The van der Waals surface area contributed by atoms with Crippen molar-refractivity contribution in [3.05, 3.63) is 52.5 Å². The van der Waals surface area contributed by atoms with Gasteiger partial charge in [-0.2, -0.15) is 0 Å². The number of hydrogen-bond acceptors (Lipinski definition) is 2. The number of amides is 2. The highest BCUT2D eigenvalue weighted by Crippen LogP contribution is 2.29. The van der Waals surface area contributed by atoms with Gasteiger partial charge in [-0.3, -0.25) is 0 Å². The van der Waals surface area contributed by atoms with E-state index in [4.69, 9.17) is 0 Å². The first-order valence-electron chi connectivity index (χ1n) is 6.42. The average Bonchev–Trinajstić information content (AvgIpc) is 2.91. The molecule has 4 nitrogen and oxygen atoms in total. The molecule has 0 saturated heterocycles. The van der Waals surface area contributed by atoms with Crippen LogP contribution < -0.4 is 16.0 Å². The number of rotatable bonds is 2. The Morgan fingerprint density at radius 1 is 1.10 bits per heavy atom. The second kappa shape index (κ2) is 5.54. The van der Waals surface area contributed by atoms with Gasteiger partial charge in [0.15, 0.2) is 0 Å². The van der Waals surface area contributed by atoms with Crippen LogP contribution in [0, 0.1) is 0 Å². The van der Waals surface area contributed by atoms with E-state index in [1.165, 1.54) is 5.56 Å². The molecule has 5 heteroatoms. The van der Waals surface area contributed by atoms with Crippen LogP contribution >= 0.6 is 15.9 Å². The second-order valence-corrected chi connectivity index (χ2v) is 5.51. The van der Waals surface area contributed by atoms with Gasteiger partial charge in [0.05, 0.1) is 0 Å². The zero-order valence-electron chi connectivity index (χ0n) is 10.7. The molecule has 2 aromatic rings. The number of fused-ring (bicyclic) bond motifs is 1. The molecular formula is C15H14BrN3O. The average molecular weight is 332 g/mol. The second-order valence-electron chi connectivity index (χ2n) is 4.59. The predicted octanol–water partition coefficient (Wildman–Crippen LogP) is 4.06. The van der Waals surface area contributed by atoms with Crippen molar-refractivity contribution in [2.75, 3.05) is 22.5 Å². The Morgan fingerprint density at radius 2 is 1.90 bits per heavy atom. The Bertz CT molecular complexity index is 640. The lowest BCUT2D eigenvalue weighted by Crippen LogP contribution is -2.20. The molecule has 0 unspecified atom stereocenters. The van der Waals surface area contributed by atoms with Crippen molar-refractivity contribution in [1.82, 2.24) is 0 Å². The van der Waals surface area contributed by atoms with Gasteiger partial charge in [-0.1, -0.05) is 22.0 Å². The Morgan fingerprint density at radius 3 is 2.70 bits per heavy atom. The fourth-order valence-corrected chi connectivity index (χ4v) is 2.54. The number of anilines is 3. The van der Waals surface area contributed by atoms with Crippen LogP contribution in [-0.4, -0.2) is 12.6 Å². The number of urea groups is 1. The van der Waals surface area contributed by atoms with Gasteiger partial charge in [0.1, 0.15) is 0 Å². The maximum atomic E-state index is 12.0. The summed E-state index contributed by atoms with van der Waals surface area (Å²) < 4.78 is 0.982. The molecule has 0 radical (unpaired) electrons. The van der Waals surface area contributed by atoms with Crippen molar-refractivity contribution in [2.45, 2.75) is 6.42 Å². The highest BCUT2D eigenvalue weighted by molar-refractivity contribution is 9.10. The van der Waals surface area contributed by atoms with Crippen LogP contribution in [0.25, 0.3) is 0 Å². The molecule has 2 aromatic carbocycles. The topological polar surface area (TPSA) is 53.2 Å². The molecular weight excluding hydrogens is 318 g/mol. The first-order valence-corrected chi connectivity index (χ1v) is 7.21.